The van der Waals surface area contributed by atoms with Crippen molar-refractivity contribution in [2.24, 2.45) is 0 Å². The fourth-order valence-corrected chi connectivity index (χ4v) is 4.55. The molecule has 3 fully saturated rings. The Morgan fingerprint density at radius 1 is 1.08 bits per heavy atom. The Bertz CT molecular complexity index is 587. The van der Waals surface area contributed by atoms with Gasteiger partial charge in [0.2, 0.25) is 0 Å². The lowest BCUT2D eigenvalue weighted by atomic mass is 10.0. The fraction of sp³-hybridized carbons (Fsp3) is 0.684. The molecular formula is C19H29N5O. The third-order valence-corrected chi connectivity index (χ3v) is 6.23. The molecule has 3 saturated heterocycles. The van der Waals surface area contributed by atoms with Gasteiger partial charge in [0.1, 0.15) is 5.82 Å². The minimum Gasteiger partial charge on any atom is -0.356 e. The highest BCUT2D eigenvalue weighted by Crippen LogP contribution is 2.28. The number of nitrogens with zero attached hydrogens (tertiary/aromatic N) is 4. The summed E-state index contributed by atoms with van der Waals surface area (Å²) in [6.07, 6.45) is 7.45. The zero-order valence-corrected chi connectivity index (χ0v) is 15.1. The molecule has 1 aromatic rings. The predicted octanol–water partition coefficient (Wildman–Crippen LogP) is 1.93. The number of piperidine rings is 1. The molecule has 3 aliphatic rings. The number of amides is 2. The molecule has 6 nitrogen and oxygen atoms in total. The number of likely N-dealkylation sites (N-methyl/N-ethyl adjacent to an activating group) is 1. The van der Waals surface area contributed by atoms with Gasteiger partial charge in [-0.1, -0.05) is 6.07 Å². The molecule has 0 saturated carbocycles. The van der Waals surface area contributed by atoms with Crippen molar-refractivity contribution < 1.29 is 4.79 Å². The van der Waals surface area contributed by atoms with Gasteiger partial charge in [0.25, 0.3) is 0 Å². The molecule has 25 heavy (non-hydrogen) atoms. The molecule has 0 aliphatic carbocycles. The zero-order chi connectivity index (χ0) is 17.2. The first kappa shape index (κ1) is 16.6. The fourth-order valence-electron chi connectivity index (χ4n) is 4.55. The molecule has 2 bridgehead atoms. The van der Waals surface area contributed by atoms with E-state index in [1.165, 1.54) is 12.8 Å². The number of carbonyl (C=O) groups excluding carboxylic acids is 1. The molecule has 1 N–H and O–H groups in total. The third-order valence-electron chi connectivity index (χ3n) is 6.23. The van der Waals surface area contributed by atoms with Crippen LogP contribution < -0.4 is 10.2 Å². The number of rotatable bonds is 2. The Labute approximate surface area is 150 Å². The summed E-state index contributed by atoms with van der Waals surface area (Å²) in [7, 11) is 2.22. The van der Waals surface area contributed by atoms with Crippen molar-refractivity contribution in [1.29, 1.82) is 0 Å². The largest absolute Gasteiger partial charge is 0.356 e. The second kappa shape index (κ2) is 7.20. The standard InChI is InChI=1S/C19H29N5O/c1-22-16-5-6-17(22)14-24(13-9-16)19(25)21-15-7-11-23(12-8-15)18-4-2-3-10-20-18/h2-4,10,15-17H,5-9,11-14H2,1H3,(H,21,25). The van der Waals surface area contributed by atoms with E-state index in [1.54, 1.807) is 0 Å². The van der Waals surface area contributed by atoms with Crippen LogP contribution in [-0.2, 0) is 0 Å². The van der Waals surface area contributed by atoms with Gasteiger partial charge in [0, 0.05) is 50.5 Å². The topological polar surface area (TPSA) is 51.7 Å². The Balaban J connectivity index is 1.28. The molecule has 136 valence electrons. The quantitative estimate of drug-likeness (QED) is 0.891. The van der Waals surface area contributed by atoms with Gasteiger partial charge in [-0.05, 0) is 51.3 Å². The second-order valence-corrected chi connectivity index (χ2v) is 7.68. The highest BCUT2D eigenvalue weighted by molar-refractivity contribution is 5.74. The van der Waals surface area contributed by atoms with Crippen LogP contribution in [0.3, 0.4) is 0 Å². The first-order chi connectivity index (χ1) is 12.2. The summed E-state index contributed by atoms with van der Waals surface area (Å²) in [6, 6.07) is 7.67. The Kier molecular flexibility index (Phi) is 4.79. The van der Waals surface area contributed by atoms with Crippen molar-refractivity contribution in [2.75, 3.05) is 38.1 Å². The summed E-state index contributed by atoms with van der Waals surface area (Å²) in [5.74, 6) is 1.04. The summed E-state index contributed by atoms with van der Waals surface area (Å²) in [5, 5.41) is 3.28. The van der Waals surface area contributed by atoms with Crippen LogP contribution in [0.1, 0.15) is 32.1 Å². The molecule has 0 spiro atoms. The zero-order valence-electron chi connectivity index (χ0n) is 15.1. The van der Waals surface area contributed by atoms with Crippen molar-refractivity contribution in [2.45, 2.75) is 50.2 Å². The van der Waals surface area contributed by atoms with Crippen LogP contribution in [0, 0.1) is 0 Å². The maximum Gasteiger partial charge on any atom is 0.317 e. The van der Waals surface area contributed by atoms with Gasteiger partial charge >= 0.3 is 6.03 Å². The highest BCUT2D eigenvalue weighted by atomic mass is 16.2. The normalized spacial score (nSPS) is 28.0. The SMILES string of the molecule is CN1C2CCC1CN(C(=O)NC1CCN(c3ccccn3)CC1)CC2. The van der Waals surface area contributed by atoms with Crippen LogP contribution in [0.5, 0.6) is 0 Å². The Morgan fingerprint density at radius 3 is 2.64 bits per heavy atom. The monoisotopic (exact) mass is 343 g/mol. The number of aromatic nitrogens is 1. The first-order valence-corrected chi connectivity index (χ1v) is 9.64. The smallest absolute Gasteiger partial charge is 0.317 e. The average Bonchev–Trinajstić information content (AvgIpc) is 2.88. The van der Waals surface area contributed by atoms with Gasteiger partial charge in [-0.15, -0.1) is 0 Å². The van der Waals surface area contributed by atoms with Gasteiger partial charge < -0.3 is 15.1 Å². The third kappa shape index (κ3) is 3.59. The van der Waals surface area contributed by atoms with E-state index >= 15 is 0 Å². The molecule has 1 aromatic heterocycles. The van der Waals surface area contributed by atoms with E-state index in [0.29, 0.717) is 12.1 Å². The molecule has 6 heteroatoms. The van der Waals surface area contributed by atoms with Crippen LogP contribution in [0.4, 0.5) is 10.6 Å². The van der Waals surface area contributed by atoms with E-state index in [4.69, 9.17) is 0 Å². The number of carbonyl (C=O) groups is 1. The van der Waals surface area contributed by atoms with Crippen LogP contribution in [0.2, 0.25) is 0 Å². The maximum absolute atomic E-state index is 12.7. The first-order valence-electron chi connectivity index (χ1n) is 9.64. The van der Waals surface area contributed by atoms with Crippen LogP contribution in [0.15, 0.2) is 24.4 Å². The summed E-state index contributed by atoms with van der Waals surface area (Å²) < 4.78 is 0. The molecular weight excluding hydrogens is 314 g/mol. The van der Waals surface area contributed by atoms with E-state index < -0.39 is 0 Å². The summed E-state index contributed by atoms with van der Waals surface area (Å²) >= 11 is 0. The number of nitrogens with one attached hydrogen (secondary N) is 1. The van der Waals surface area contributed by atoms with Crippen molar-refractivity contribution >= 4 is 11.8 Å². The van der Waals surface area contributed by atoms with E-state index in [2.05, 4.69) is 33.2 Å². The van der Waals surface area contributed by atoms with Crippen LogP contribution in [-0.4, -0.2) is 72.2 Å². The summed E-state index contributed by atoms with van der Waals surface area (Å²) in [6.45, 7) is 3.68. The van der Waals surface area contributed by atoms with Crippen molar-refractivity contribution in [3.05, 3.63) is 24.4 Å². The number of urea groups is 1. The molecule has 4 rings (SSSR count). The van der Waals surface area contributed by atoms with Crippen LogP contribution in [0.25, 0.3) is 0 Å². The van der Waals surface area contributed by atoms with Crippen LogP contribution >= 0.6 is 0 Å². The van der Waals surface area contributed by atoms with Gasteiger partial charge in [-0.3, -0.25) is 4.90 Å². The number of hydrogen-bond acceptors (Lipinski definition) is 4. The molecule has 2 unspecified atom stereocenters. The summed E-state index contributed by atoms with van der Waals surface area (Å²) in [4.78, 5) is 24.0. The van der Waals surface area contributed by atoms with Gasteiger partial charge in [-0.25, -0.2) is 9.78 Å². The molecule has 2 amide bonds. The lowest BCUT2D eigenvalue weighted by molar-refractivity contribution is 0.182. The molecule has 0 radical (unpaired) electrons. The number of likely N-dealkylation sites (tertiary alicyclic amines) is 1. The molecule has 0 aromatic carbocycles. The summed E-state index contributed by atoms with van der Waals surface area (Å²) in [5.41, 5.74) is 0. The lowest BCUT2D eigenvalue weighted by Gasteiger charge is -2.34. The van der Waals surface area contributed by atoms with E-state index in [9.17, 15) is 4.79 Å². The Morgan fingerprint density at radius 2 is 1.88 bits per heavy atom. The molecule has 4 heterocycles. The van der Waals surface area contributed by atoms with Crippen molar-refractivity contribution in [1.82, 2.24) is 20.1 Å². The second-order valence-electron chi connectivity index (χ2n) is 7.68. The van der Waals surface area contributed by atoms with Crippen molar-refractivity contribution in [3.63, 3.8) is 0 Å². The van der Waals surface area contributed by atoms with E-state index in [0.717, 1.165) is 51.3 Å². The minimum atomic E-state index is 0.136. The predicted molar refractivity (Wildman–Crippen MR) is 98.8 cm³/mol. The lowest BCUT2D eigenvalue weighted by Crippen LogP contribution is -2.51. The van der Waals surface area contributed by atoms with Gasteiger partial charge in [-0.2, -0.15) is 0 Å². The minimum absolute atomic E-state index is 0.136. The molecule has 3 aliphatic heterocycles. The number of hydrogen-bond donors (Lipinski definition) is 1. The van der Waals surface area contributed by atoms with Gasteiger partial charge in [0.15, 0.2) is 0 Å². The number of pyridine rings is 1. The van der Waals surface area contributed by atoms with Gasteiger partial charge in [0.05, 0.1) is 0 Å². The number of fused-ring (bicyclic) bond motifs is 2. The van der Waals surface area contributed by atoms with E-state index in [1.807, 2.05) is 23.2 Å². The molecule has 2 atom stereocenters. The van der Waals surface area contributed by atoms with Crippen molar-refractivity contribution in [3.8, 4) is 0 Å². The number of anilines is 1. The highest BCUT2D eigenvalue weighted by Gasteiger charge is 2.36. The Hall–Kier alpha value is -1.82. The average molecular weight is 343 g/mol. The maximum atomic E-state index is 12.7. The van der Waals surface area contributed by atoms with E-state index in [-0.39, 0.29) is 12.1 Å².